The molecule has 0 aromatic heterocycles. The van der Waals surface area contributed by atoms with Gasteiger partial charge in [-0.15, -0.1) is 0 Å². The summed E-state index contributed by atoms with van der Waals surface area (Å²) in [7, 11) is 0. The quantitative estimate of drug-likeness (QED) is 0.563. The van der Waals surface area contributed by atoms with Gasteiger partial charge in [-0.1, -0.05) is 13.3 Å². The summed E-state index contributed by atoms with van der Waals surface area (Å²) < 4.78 is 10.5. The third-order valence-corrected chi connectivity index (χ3v) is 2.59. The van der Waals surface area contributed by atoms with Crippen LogP contribution < -0.4 is 0 Å². The van der Waals surface area contributed by atoms with Crippen LogP contribution in [0.15, 0.2) is 0 Å². The Balaban J connectivity index is 2.43. The van der Waals surface area contributed by atoms with E-state index in [1.165, 1.54) is 0 Å². The molecule has 5 atom stereocenters. The lowest BCUT2D eigenvalue weighted by Gasteiger charge is -2.38. The van der Waals surface area contributed by atoms with E-state index in [0.29, 0.717) is 6.61 Å². The van der Waals surface area contributed by atoms with Crippen molar-refractivity contribution < 1.29 is 24.8 Å². The topological polar surface area (TPSA) is 79.2 Å². The second-order valence-electron chi connectivity index (χ2n) is 3.91. The van der Waals surface area contributed by atoms with Crippen molar-refractivity contribution in [1.29, 1.82) is 0 Å². The Hall–Kier alpha value is -0.200. The van der Waals surface area contributed by atoms with E-state index in [2.05, 4.69) is 0 Å². The Kier molecular flexibility index (Phi) is 4.95. The summed E-state index contributed by atoms with van der Waals surface area (Å²) in [4.78, 5) is 0. The minimum absolute atomic E-state index is 0.480. The Bertz CT molecular complexity index is 187. The van der Waals surface area contributed by atoms with E-state index < -0.39 is 30.7 Å². The van der Waals surface area contributed by atoms with Gasteiger partial charge in [-0.2, -0.15) is 0 Å². The molecule has 0 aromatic rings. The molecule has 0 aromatic carbocycles. The van der Waals surface area contributed by atoms with Gasteiger partial charge in [0.1, 0.15) is 18.3 Å². The van der Waals surface area contributed by atoms with Crippen molar-refractivity contribution in [2.24, 2.45) is 0 Å². The molecule has 1 heterocycles. The molecule has 1 aliphatic heterocycles. The summed E-state index contributed by atoms with van der Waals surface area (Å²) in [6.07, 6.45) is -2.97. The predicted octanol–water partition coefficient (Wildman–Crippen LogP) is -0.369. The summed E-state index contributed by atoms with van der Waals surface area (Å²) in [5.74, 6) is 0. The molecule has 3 N–H and O–H groups in total. The number of ether oxygens (including phenoxy) is 2. The minimum atomic E-state index is -1.21. The molecule has 90 valence electrons. The van der Waals surface area contributed by atoms with Crippen molar-refractivity contribution >= 4 is 0 Å². The molecule has 1 fully saturated rings. The van der Waals surface area contributed by atoms with Crippen molar-refractivity contribution in [2.45, 2.75) is 57.4 Å². The van der Waals surface area contributed by atoms with Crippen LogP contribution in [0.1, 0.15) is 26.7 Å². The fourth-order valence-corrected chi connectivity index (χ4v) is 1.49. The zero-order valence-electron chi connectivity index (χ0n) is 9.17. The average Bonchev–Trinajstić information content (AvgIpc) is 2.23. The maximum absolute atomic E-state index is 9.56. The second-order valence-corrected chi connectivity index (χ2v) is 3.91. The summed E-state index contributed by atoms with van der Waals surface area (Å²) in [6, 6.07) is 0. The van der Waals surface area contributed by atoms with Crippen molar-refractivity contribution in [2.75, 3.05) is 6.61 Å². The van der Waals surface area contributed by atoms with E-state index in [0.717, 1.165) is 12.8 Å². The van der Waals surface area contributed by atoms with E-state index in [4.69, 9.17) is 9.47 Å². The Labute approximate surface area is 89.6 Å². The number of aliphatic hydroxyl groups excluding tert-OH is 3. The van der Waals surface area contributed by atoms with Gasteiger partial charge in [-0.05, 0) is 13.3 Å². The molecule has 1 rings (SSSR count). The highest BCUT2D eigenvalue weighted by Gasteiger charge is 2.42. The van der Waals surface area contributed by atoms with E-state index in [9.17, 15) is 15.3 Å². The van der Waals surface area contributed by atoms with Crippen LogP contribution in [0.4, 0.5) is 0 Å². The lowest BCUT2D eigenvalue weighted by Crippen LogP contribution is -2.57. The summed E-state index contributed by atoms with van der Waals surface area (Å²) in [5, 5.41) is 28.5. The molecule has 0 bridgehead atoms. The molecule has 0 saturated carbocycles. The smallest absolute Gasteiger partial charge is 0.186 e. The second kappa shape index (κ2) is 5.77. The third-order valence-electron chi connectivity index (χ3n) is 2.59. The first kappa shape index (κ1) is 12.9. The van der Waals surface area contributed by atoms with Crippen LogP contribution in [-0.2, 0) is 9.47 Å². The van der Waals surface area contributed by atoms with Crippen LogP contribution in [0.3, 0.4) is 0 Å². The van der Waals surface area contributed by atoms with Crippen LogP contribution >= 0.6 is 0 Å². The predicted molar refractivity (Wildman–Crippen MR) is 53.2 cm³/mol. The summed E-state index contributed by atoms with van der Waals surface area (Å²) in [5.41, 5.74) is 0. The van der Waals surface area contributed by atoms with Crippen molar-refractivity contribution in [3.63, 3.8) is 0 Å². The maximum atomic E-state index is 9.56. The summed E-state index contributed by atoms with van der Waals surface area (Å²) in [6.45, 7) is 4.15. The summed E-state index contributed by atoms with van der Waals surface area (Å²) >= 11 is 0. The molecule has 0 aliphatic carbocycles. The first-order valence-electron chi connectivity index (χ1n) is 5.39. The van der Waals surface area contributed by atoms with Gasteiger partial charge in [0, 0.05) is 6.61 Å². The fourth-order valence-electron chi connectivity index (χ4n) is 1.49. The highest BCUT2D eigenvalue weighted by Crippen LogP contribution is 2.21. The highest BCUT2D eigenvalue weighted by molar-refractivity contribution is 4.87. The molecule has 5 heteroatoms. The zero-order chi connectivity index (χ0) is 11.4. The lowest BCUT2D eigenvalue weighted by molar-refractivity contribution is -0.293. The third kappa shape index (κ3) is 3.12. The van der Waals surface area contributed by atoms with Gasteiger partial charge in [-0.3, -0.25) is 0 Å². The Morgan fingerprint density at radius 3 is 2.40 bits per heavy atom. The molecule has 15 heavy (non-hydrogen) atoms. The van der Waals surface area contributed by atoms with Gasteiger partial charge in [0.25, 0.3) is 0 Å². The average molecular weight is 220 g/mol. The van der Waals surface area contributed by atoms with Crippen LogP contribution in [0, 0.1) is 0 Å². The van der Waals surface area contributed by atoms with Gasteiger partial charge < -0.3 is 24.8 Å². The van der Waals surface area contributed by atoms with Crippen LogP contribution in [-0.4, -0.2) is 52.6 Å². The Morgan fingerprint density at radius 1 is 1.13 bits per heavy atom. The largest absolute Gasteiger partial charge is 0.388 e. The van der Waals surface area contributed by atoms with Crippen molar-refractivity contribution in [3.8, 4) is 0 Å². The van der Waals surface area contributed by atoms with E-state index in [1.807, 2.05) is 6.92 Å². The molecular weight excluding hydrogens is 200 g/mol. The van der Waals surface area contributed by atoms with Crippen LogP contribution in [0.25, 0.3) is 0 Å². The van der Waals surface area contributed by atoms with Gasteiger partial charge >= 0.3 is 0 Å². The number of rotatable bonds is 4. The SMILES string of the molecule is CCCCO[C@H]1O[C@H](C)[C@@H](O)[C@H](O)[C@@H]1O. The molecule has 0 radical (unpaired) electrons. The zero-order valence-corrected chi connectivity index (χ0v) is 9.17. The standard InChI is InChI=1S/C10H20O5/c1-3-4-5-14-10-9(13)8(12)7(11)6(2)15-10/h6-13H,3-5H2,1-2H3/t6-,7-,8+,9+,10+/m1/s1. The molecule has 1 aliphatic rings. The van der Waals surface area contributed by atoms with E-state index in [-0.39, 0.29) is 0 Å². The first-order valence-corrected chi connectivity index (χ1v) is 5.39. The van der Waals surface area contributed by atoms with Crippen molar-refractivity contribution in [1.82, 2.24) is 0 Å². The van der Waals surface area contributed by atoms with Gasteiger partial charge in [0.15, 0.2) is 6.29 Å². The highest BCUT2D eigenvalue weighted by atomic mass is 16.7. The molecule has 5 nitrogen and oxygen atoms in total. The van der Waals surface area contributed by atoms with Crippen molar-refractivity contribution in [3.05, 3.63) is 0 Å². The Morgan fingerprint density at radius 2 is 1.80 bits per heavy atom. The van der Waals surface area contributed by atoms with Gasteiger partial charge in [-0.25, -0.2) is 0 Å². The number of aliphatic hydroxyl groups is 3. The number of hydrogen-bond acceptors (Lipinski definition) is 5. The van der Waals surface area contributed by atoms with E-state index in [1.54, 1.807) is 6.92 Å². The van der Waals surface area contributed by atoms with Crippen LogP contribution in [0.5, 0.6) is 0 Å². The normalized spacial score (nSPS) is 41.8. The monoisotopic (exact) mass is 220 g/mol. The first-order chi connectivity index (χ1) is 7.07. The maximum Gasteiger partial charge on any atom is 0.186 e. The molecular formula is C10H20O5. The van der Waals surface area contributed by atoms with Gasteiger partial charge in [0.05, 0.1) is 6.10 Å². The molecule has 0 spiro atoms. The van der Waals surface area contributed by atoms with Crippen LogP contribution in [0.2, 0.25) is 0 Å². The van der Waals surface area contributed by atoms with E-state index >= 15 is 0 Å². The fraction of sp³-hybridized carbons (Fsp3) is 1.00. The number of hydrogen-bond donors (Lipinski definition) is 3. The molecule has 0 unspecified atom stereocenters. The lowest BCUT2D eigenvalue weighted by atomic mass is 10.0. The number of unbranched alkanes of at least 4 members (excludes halogenated alkanes) is 1. The van der Waals surface area contributed by atoms with Gasteiger partial charge in [0.2, 0.25) is 0 Å². The minimum Gasteiger partial charge on any atom is -0.388 e. The molecule has 0 amide bonds. The molecule has 1 saturated heterocycles.